The Bertz CT molecular complexity index is 848. The highest BCUT2D eigenvalue weighted by atomic mass is 79.9. The first-order valence-electron chi connectivity index (χ1n) is 8.71. The van der Waals surface area contributed by atoms with Crippen LogP contribution in [-0.4, -0.2) is 35.9 Å². The largest absolute Gasteiger partial charge is 0.482 e. The minimum absolute atomic E-state index is 0.215. The van der Waals surface area contributed by atoms with E-state index >= 15 is 0 Å². The topological polar surface area (TPSA) is 58.6 Å². The molecule has 2 rings (SSSR count). The van der Waals surface area contributed by atoms with E-state index in [1.54, 1.807) is 25.1 Å². The van der Waals surface area contributed by atoms with Gasteiger partial charge < -0.3 is 15.0 Å². The lowest BCUT2D eigenvalue weighted by Crippen LogP contribution is -2.49. The van der Waals surface area contributed by atoms with Gasteiger partial charge in [0.1, 0.15) is 11.8 Å². The van der Waals surface area contributed by atoms with Crippen LogP contribution in [0.4, 0.5) is 0 Å². The second-order valence-corrected chi connectivity index (χ2v) is 8.32. The van der Waals surface area contributed by atoms with Gasteiger partial charge in [0, 0.05) is 22.0 Å². The molecule has 0 fully saturated rings. The van der Waals surface area contributed by atoms with Crippen molar-refractivity contribution in [3.63, 3.8) is 0 Å². The molecule has 0 aliphatic heterocycles. The van der Waals surface area contributed by atoms with E-state index in [9.17, 15) is 9.59 Å². The van der Waals surface area contributed by atoms with Crippen LogP contribution >= 0.6 is 43.5 Å². The predicted octanol–water partition coefficient (Wildman–Crippen LogP) is 4.80. The summed E-state index contributed by atoms with van der Waals surface area (Å²) in [5.74, 6) is -0.114. The Balaban J connectivity index is 2.16. The molecule has 0 radical (unpaired) electrons. The normalized spacial score (nSPS) is 11.6. The molecule has 1 atom stereocenters. The zero-order valence-corrected chi connectivity index (χ0v) is 19.5. The molecule has 0 spiro atoms. The molecule has 0 saturated carbocycles. The Kier molecular flexibility index (Phi) is 8.79. The van der Waals surface area contributed by atoms with Crippen molar-refractivity contribution in [1.29, 1.82) is 0 Å². The Morgan fingerprint density at radius 2 is 1.89 bits per heavy atom. The van der Waals surface area contributed by atoms with Crippen LogP contribution in [0.1, 0.15) is 19.4 Å². The maximum Gasteiger partial charge on any atom is 0.261 e. The molecule has 2 aromatic carbocycles. The summed E-state index contributed by atoms with van der Waals surface area (Å²) in [5.41, 5.74) is 0.903. The summed E-state index contributed by atoms with van der Waals surface area (Å²) >= 11 is 12.9. The van der Waals surface area contributed by atoms with E-state index in [-0.39, 0.29) is 25.0 Å². The average molecular weight is 533 g/mol. The third-order valence-electron chi connectivity index (χ3n) is 4.01. The van der Waals surface area contributed by atoms with Crippen molar-refractivity contribution in [3.05, 3.63) is 62.0 Å². The van der Waals surface area contributed by atoms with Gasteiger partial charge in [-0.05, 0) is 49.7 Å². The standard InChI is InChI=1S/C20H21Br2ClN2O3/c1-3-24-20(27)13(2)25(11-14-5-4-6-15(21)9-14)19(26)12-28-18-8-7-16(22)10-17(18)23/h4-10,13H,3,11-12H2,1-2H3,(H,24,27)/t13-/m0/s1. The molecule has 0 unspecified atom stereocenters. The number of ether oxygens (including phenoxy) is 1. The number of hydrogen-bond donors (Lipinski definition) is 1. The molecule has 0 aliphatic carbocycles. The van der Waals surface area contributed by atoms with E-state index in [4.69, 9.17) is 16.3 Å². The number of nitrogens with one attached hydrogen (secondary N) is 1. The lowest BCUT2D eigenvalue weighted by Gasteiger charge is -2.28. The minimum atomic E-state index is -0.643. The molecule has 8 heteroatoms. The van der Waals surface area contributed by atoms with Crippen LogP contribution in [0.5, 0.6) is 5.75 Å². The first kappa shape index (κ1) is 22.7. The second-order valence-electron chi connectivity index (χ2n) is 6.09. The maximum absolute atomic E-state index is 12.9. The monoisotopic (exact) mass is 530 g/mol. The van der Waals surface area contributed by atoms with Crippen molar-refractivity contribution in [1.82, 2.24) is 10.2 Å². The summed E-state index contributed by atoms with van der Waals surface area (Å²) in [4.78, 5) is 26.7. The van der Waals surface area contributed by atoms with Gasteiger partial charge in [0.15, 0.2) is 6.61 Å². The molecule has 0 heterocycles. The van der Waals surface area contributed by atoms with Gasteiger partial charge in [-0.25, -0.2) is 0 Å². The van der Waals surface area contributed by atoms with Gasteiger partial charge in [-0.2, -0.15) is 0 Å². The molecule has 1 N–H and O–H groups in total. The van der Waals surface area contributed by atoms with Crippen LogP contribution in [0.3, 0.4) is 0 Å². The Morgan fingerprint density at radius 1 is 1.18 bits per heavy atom. The maximum atomic E-state index is 12.9. The Morgan fingerprint density at radius 3 is 2.54 bits per heavy atom. The zero-order chi connectivity index (χ0) is 20.7. The summed E-state index contributed by atoms with van der Waals surface area (Å²) in [6.45, 7) is 4.09. The van der Waals surface area contributed by atoms with E-state index in [0.717, 1.165) is 14.5 Å². The van der Waals surface area contributed by atoms with Crippen molar-refractivity contribution in [2.45, 2.75) is 26.4 Å². The van der Waals surface area contributed by atoms with Crippen molar-refractivity contribution in [3.8, 4) is 5.75 Å². The van der Waals surface area contributed by atoms with E-state index in [0.29, 0.717) is 17.3 Å². The summed E-state index contributed by atoms with van der Waals surface area (Å²) in [6.07, 6.45) is 0. The van der Waals surface area contributed by atoms with Gasteiger partial charge in [-0.15, -0.1) is 0 Å². The first-order chi connectivity index (χ1) is 13.3. The van der Waals surface area contributed by atoms with Crippen LogP contribution in [0.2, 0.25) is 5.02 Å². The van der Waals surface area contributed by atoms with Crippen molar-refractivity contribution in [2.75, 3.05) is 13.2 Å². The highest BCUT2D eigenvalue weighted by molar-refractivity contribution is 9.10. The van der Waals surface area contributed by atoms with E-state index in [1.165, 1.54) is 4.90 Å². The minimum Gasteiger partial charge on any atom is -0.482 e. The van der Waals surface area contributed by atoms with Crippen LogP contribution in [0, 0.1) is 0 Å². The van der Waals surface area contributed by atoms with Crippen molar-refractivity contribution in [2.24, 2.45) is 0 Å². The quantitative estimate of drug-likeness (QED) is 0.532. The number of carbonyl (C=O) groups excluding carboxylic acids is 2. The number of likely N-dealkylation sites (N-methyl/N-ethyl adjacent to an activating group) is 1. The number of halogens is 3. The van der Waals surface area contributed by atoms with E-state index in [1.807, 2.05) is 31.2 Å². The highest BCUT2D eigenvalue weighted by Crippen LogP contribution is 2.27. The molecule has 2 aromatic rings. The second kappa shape index (κ2) is 10.8. The smallest absolute Gasteiger partial charge is 0.261 e. The van der Waals surface area contributed by atoms with E-state index in [2.05, 4.69) is 37.2 Å². The number of nitrogens with zero attached hydrogens (tertiary/aromatic N) is 1. The molecule has 2 amide bonds. The summed E-state index contributed by atoms with van der Waals surface area (Å²) in [6, 6.07) is 12.1. The van der Waals surface area contributed by atoms with Gasteiger partial charge in [-0.1, -0.05) is 55.6 Å². The number of amides is 2. The molecule has 5 nitrogen and oxygen atoms in total. The van der Waals surface area contributed by atoms with Crippen LogP contribution < -0.4 is 10.1 Å². The summed E-state index contributed by atoms with van der Waals surface area (Å²) < 4.78 is 7.32. The fourth-order valence-electron chi connectivity index (χ4n) is 2.55. The number of rotatable bonds is 8. The molecule has 150 valence electrons. The summed E-state index contributed by atoms with van der Waals surface area (Å²) in [7, 11) is 0. The lowest BCUT2D eigenvalue weighted by atomic mass is 10.1. The molecule has 0 aromatic heterocycles. The van der Waals surface area contributed by atoms with Gasteiger partial charge in [0.05, 0.1) is 5.02 Å². The van der Waals surface area contributed by atoms with Crippen LogP contribution in [0.15, 0.2) is 51.4 Å². The third kappa shape index (κ3) is 6.50. The van der Waals surface area contributed by atoms with E-state index < -0.39 is 6.04 Å². The fraction of sp³-hybridized carbons (Fsp3) is 0.300. The van der Waals surface area contributed by atoms with Crippen molar-refractivity contribution >= 4 is 55.3 Å². The number of carbonyl (C=O) groups is 2. The molecule has 0 aliphatic rings. The SMILES string of the molecule is CCNC(=O)[C@H](C)N(Cc1cccc(Br)c1)C(=O)COc1ccc(Br)cc1Cl. The molecule has 0 bridgehead atoms. The summed E-state index contributed by atoms with van der Waals surface area (Å²) in [5, 5.41) is 3.16. The number of hydrogen-bond acceptors (Lipinski definition) is 3. The van der Waals surface area contributed by atoms with Gasteiger partial charge in [-0.3, -0.25) is 9.59 Å². The first-order valence-corrected chi connectivity index (χ1v) is 10.7. The van der Waals surface area contributed by atoms with Crippen LogP contribution in [0.25, 0.3) is 0 Å². The number of benzene rings is 2. The molecule has 0 saturated heterocycles. The molecular weight excluding hydrogens is 511 g/mol. The van der Waals surface area contributed by atoms with Crippen molar-refractivity contribution < 1.29 is 14.3 Å². The highest BCUT2D eigenvalue weighted by Gasteiger charge is 2.26. The molecular formula is C20H21Br2ClN2O3. The van der Waals surface area contributed by atoms with Gasteiger partial charge >= 0.3 is 0 Å². The Labute approximate surface area is 186 Å². The Hall–Kier alpha value is -1.57. The third-order valence-corrected chi connectivity index (χ3v) is 5.29. The van der Waals surface area contributed by atoms with Gasteiger partial charge in [0.2, 0.25) is 5.91 Å². The predicted molar refractivity (Wildman–Crippen MR) is 117 cm³/mol. The lowest BCUT2D eigenvalue weighted by molar-refractivity contribution is -0.142. The average Bonchev–Trinajstić information content (AvgIpc) is 2.65. The fourth-order valence-corrected chi connectivity index (χ4v) is 3.73. The zero-order valence-electron chi connectivity index (χ0n) is 15.5. The van der Waals surface area contributed by atoms with Gasteiger partial charge in [0.25, 0.3) is 5.91 Å². The van der Waals surface area contributed by atoms with Crippen LogP contribution in [-0.2, 0) is 16.1 Å². The molecule has 28 heavy (non-hydrogen) atoms.